The van der Waals surface area contributed by atoms with Crippen molar-refractivity contribution >= 4 is 5.91 Å². The predicted octanol–water partition coefficient (Wildman–Crippen LogP) is 4.11. The van der Waals surface area contributed by atoms with Gasteiger partial charge >= 0.3 is 0 Å². The number of carbonyl (C=O) groups is 1. The highest BCUT2D eigenvalue weighted by atomic mass is 16.2. The second-order valence-electron chi connectivity index (χ2n) is 8.76. The van der Waals surface area contributed by atoms with Crippen molar-refractivity contribution in [1.29, 1.82) is 5.26 Å². The van der Waals surface area contributed by atoms with Crippen LogP contribution in [-0.2, 0) is 0 Å². The molecule has 2 N–H and O–H groups in total. The number of benzene rings is 2. The van der Waals surface area contributed by atoms with Crippen molar-refractivity contribution in [2.75, 3.05) is 19.6 Å². The van der Waals surface area contributed by atoms with Gasteiger partial charge in [0, 0.05) is 43.3 Å². The van der Waals surface area contributed by atoms with Crippen molar-refractivity contribution in [1.82, 2.24) is 15.5 Å². The first-order valence-corrected chi connectivity index (χ1v) is 11.2. The average Bonchev–Trinajstić information content (AvgIpc) is 2.78. The molecule has 2 atom stereocenters. The standard InChI is InChI=1S/C26H34N4O/c1-18-6-5-7-19(2)25(18)26(31)30-14-12-24(13-15-30)28-17-20(3)29-21(4)23-10-8-22(16-27)9-11-23/h5-11,20-21,24,28-29H,12-15,17H2,1-4H3/t20-,21-/m0/s1. The molecule has 164 valence electrons. The molecule has 0 spiro atoms. The van der Waals surface area contributed by atoms with Crippen molar-refractivity contribution in [2.24, 2.45) is 0 Å². The molecule has 1 aliphatic rings. The number of hydrogen-bond donors (Lipinski definition) is 2. The SMILES string of the molecule is Cc1cccc(C)c1C(=O)N1CCC(NC[C@H](C)N[C@@H](C)c2ccc(C#N)cc2)CC1. The maximum Gasteiger partial charge on any atom is 0.254 e. The minimum Gasteiger partial charge on any atom is -0.339 e. The molecule has 1 heterocycles. The molecule has 0 bridgehead atoms. The van der Waals surface area contributed by atoms with Crippen LogP contribution in [0.5, 0.6) is 0 Å². The fourth-order valence-corrected chi connectivity index (χ4v) is 4.37. The van der Waals surface area contributed by atoms with E-state index in [2.05, 4.69) is 30.6 Å². The van der Waals surface area contributed by atoms with Crippen molar-refractivity contribution in [2.45, 2.75) is 58.7 Å². The molecule has 2 aromatic carbocycles. The van der Waals surface area contributed by atoms with Gasteiger partial charge in [-0.2, -0.15) is 5.26 Å². The highest BCUT2D eigenvalue weighted by molar-refractivity contribution is 5.97. The quantitative estimate of drug-likeness (QED) is 0.710. The summed E-state index contributed by atoms with van der Waals surface area (Å²) in [4.78, 5) is 15.0. The molecular formula is C26H34N4O. The maximum absolute atomic E-state index is 13.0. The summed E-state index contributed by atoms with van der Waals surface area (Å²) in [7, 11) is 0. The minimum absolute atomic E-state index is 0.167. The number of nitriles is 1. The van der Waals surface area contributed by atoms with Gasteiger partial charge in [0.2, 0.25) is 0 Å². The van der Waals surface area contributed by atoms with Crippen LogP contribution in [0.2, 0.25) is 0 Å². The summed E-state index contributed by atoms with van der Waals surface area (Å²) in [6, 6.07) is 16.9. The topological polar surface area (TPSA) is 68.2 Å². The number of nitrogens with zero attached hydrogens (tertiary/aromatic N) is 2. The predicted molar refractivity (Wildman–Crippen MR) is 125 cm³/mol. The smallest absolute Gasteiger partial charge is 0.254 e. The second-order valence-corrected chi connectivity index (χ2v) is 8.76. The van der Waals surface area contributed by atoms with Crippen molar-refractivity contribution < 1.29 is 4.79 Å². The third-order valence-corrected chi connectivity index (χ3v) is 6.26. The van der Waals surface area contributed by atoms with Gasteiger partial charge in [-0.25, -0.2) is 0 Å². The Morgan fingerprint density at radius 3 is 2.29 bits per heavy atom. The van der Waals surface area contributed by atoms with E-state index in [1.54, 1.807) is 0 Å². The summed E-state index contributed by atoms with van der Waals surface area (Å²) >= 11 is 0. The van der Waals surface area contributed by atoms with Crippen LogP contribution in [0.1, 0.15) is 65.3 Å². The minimum atomic E-state index is 0.167. The lowest BCUT2D eigenvalue weighted by Gasteiger charge is -2.34. The first-order chi connectivity index (χ1) is 14.9. The zero-order chi connectivity index (χ0) is 22.4. The maximum atomic E-state index is 13.0. The van der Waals surface area contributed by atoms with E-state index in [0.29, 0.717) is 17.6 Å². The van der Waals surface area contributed by atoms with Gasteiger partial charge in [0.1, 0.15) is 0 Å². The summed E-state index contributed by atoms with van der Waals surface area (Å²) in [5.74, 6) is 0.167. The van der Waals surface area contributed by atoms with Crippen LogP contribution in [0.15, 0.2) is 42.5 Å². The van der Waals surface area contributed by atoms with Gasteiger partial charge in [0.15, 0.2) is 0 Å². The average molecular weight is 419 g/mol. The van der Waals surface area contributed by atoms with E-state index in [0.717, 1.165) is 49.2 Å². The fourth-order valence-electron chi connectivity index (χ4n) is 4.37. The number of likely N-dealkylation sites (tertiary alicyclic amines) is 1. The Labute approximate surface area is 186 Å². The molecule has 5 nitrogen and oxygen atoms in total. The van der Waals surface area contributed by atoms with Crippen LogP contribution >= 0.6 is 0 Å². The zero-order valence-electron chi connectivity index (χ0n) is 19.1. The first-order valence-electron chi connectivity index (χ1n) is 11.2. The van der Waals surface area contributed by atoms with E-state index in [9.17, 15) is 4.79 Å². The number of aryl methyl sites for hydroxylation is 2. The molecule has 0 radical (unpaired) electrons. The molecule has 1 fully saturated rings. The molecule has 0 saturated carbocycles. The van der Waals surface area contributed by atoms with Gasteiger partial charge in [0.25, 0.3) is 5.91 Å². The number of rotatable bonds is 7. The molecule has 5 heteroatoms. The second kappa shape index (κ2) is 10.6. The monoisotopic (exact) mass is 418 g/mol. The summed E-state index contributed by atoms with van der Waals surface area (Å²) in [6.45, 7) is 10.9. The molecular weight excluding hydrogens is 384 g/mol. The molecule has 31 heavy (non-hydrogen) atoms. The zero-order valence-corrected chi connectivity index (χ0v) is 19.1. The lowest BCUT2D eigenvalue weighted by molar-refractivity contribution is 0.0703. The van der Waals surface area contributed by atoms with E-state index in [1.165, 1.54) is 5.56 Å². The van der Waals surface area contributed by atoms with Crippen LogP contribution < -0.4 is 10.6 Å². The van der Waals surface area contributed by atoms with Crippen LogP contribution in [0.4, 0.5) is 0 Å². The van der Waals surface area contributed by atoms with Crippen LogP contribution in [0, 0.1) is 25.2 Å². The lowest BCUT2D eigenvalue weighted by Crippen LogP contribution is -2.48. The summed E-state index contributed by atoms with van der Waals surface area (Å²) in [5, 5.41) is 16.2. The molecule has 0 unspecified atom stereocenters. The number of carbonyl (C=O) groups excluding carboxylic acids is 1. The molecule has 0 aromatic heterocycles. The first kappa shape index (κ1) is 23.0. The Hall–Kier alpha value is -2.68. The molecule has 1 amide bonds. The van der Waals surface area contributed by atoms with E-state index in [-0.39, 0.29) is 11.9 Å². The van der Waals surface area contributed by atoms with Crippen LogP contribution in [-0.4, -0.2) is 42.5 Å². The Kier molecular flexibility index (Phi) is 7.84. The highest BCUT2D eigenvalue weighted by Crippen LogP contribution is 2.19. The van der Waals surface area contributed by atoms with Gasteiger partial charge in [0.05, 0.1) is 11.6 Å². The van der Waals surface area contributed by atoms with Gasteiger partial charge in [-0.3, -0.25) is 4.79 Å². The van der Waals surface area contributed by atoms with Gasteiger partial charge < -0.3 is 15.5 Å². The van der Waals surface area contributed by atoms with E-state index in [1.807, 2.05) is 61.2 Å². The molecule has 1 saturated heterocycles. The Morgan fingerprint density at radius 1 is 1.10 bits per heavy atom. The molecule has 2 aromatic rings. The number of hydrogen-bond acceptors (Lipinski definition) is 4. The third kappa shape index (κ3) is 5.94. The van der Waals surface area contributed by atoms with Gasteiger partial charge in [-0.1, -0.05) is 30.3 Å². The summed E-state index contributed by atoms with van der Waals surface area (Å²) < 4.78 is 0. The van der Waals surface area contributed by atoms with E-state index >= 15 is 0 Å². The normalized spacial score (nSPS) is 16.5. The van der Waals surface area contributed by atoms with E-state index in [4.69, 9.17) is 5.26 Å². The lowest BCUT2D eigenvalue weighted by atomic mass is 9.99. The Morgan fingerprint density at radius 2 is 1.71 bits per heavy atom. The Balaban J connectivity index is 1.43. The molecule has 3 rings (SSSR count). The largest absolute Gasteiger partial charge is 0.339 e. The van der Waals surface area contributed by atoms with Crippen LogP contribution in [0.3, 0.4) is 0 Å². The van der Waals surface area contributed by atoms with Crippen molar-refractivity contribution in [3.63, 3.8) is 0 Å². The number of nitrogens with one attached hydrogen (secondary N) is 2. The Bertz CT molecular complexity index is 903. The van der Waals surface area contributed by atoms with Crippen molar-refractivity contribution in [3.8, 4) is 6.07 Å². The highest BCUT2D eigenvalue weighted by Gasteiger charge is 2.25. The molecule has 0 aliphatic carbocycles. The number of piperidine rings is 1. The summed E-state index contributed by atoms with van der Waals surface area (Å²) in [5.41, 5.74) is 4.85. The van der Waals surface area contributed by atoms with E-state index < -0.39 is 0 Å². The van der Waals surface area contributed by atoms with Crippen molar-refractivity contribution in [3.05, 3.63) is 70.3 Å². The van der Waals surface area contributed by atoms with Gasteiger partial charge in [-0.05, 0) is 69.4 Å². The molecule has 1 aliphatic heterocycles. The summed E-state index contributed by atoms with van der Waals surface area (Å²) in [6.07, 6.45) is 1.96. The third-order valence-electron chi connectivity index (χ3n) is 6.26. The fraction of sp³-hybridized carbons (Fsp3) is 0.462. The number of amides is 1. The van der Waals surface area contributed by atoms with Crippen LogP contribution in [0.25, 0.3) is 0 Å². The van der Waals surface area contributed by atoms with Gasteiger partial charge in [-0.15, -0.1) is 0 Å².